The Labute approximate surface area is 456 Å². The Hall–Kier alpha value is 2.68. The molecule has 0 radical (unpaired) electrons. The maximum atomic E-state index is 3.05. The number of benzene rings is 2. The Morgan fingerprint density at radius 1 is 0.206 bits per heavy atom. The van der Waals surface area contributed by atoms with E-state index in [0.717, 1.165) is 31.0 Å². The van der Waals surface area contributed by atoms with E-state index in [9.17, 15) is 0 Å². The molecule has 0 fully saturated rings. The molecule has 0 nitrogen and oxygen atoms in total. The van der Waals surface area contributed by atoms with E-state index in [1.54, 1.807) is 0 Å². The molecule has 2 aromatic carbocycles. The van der Waals surface area contributed by atoms with E-state index in [1.165, 1.54) is 0 Å². The first-order chi connectivity index (χ1) is 29.4. The van der Waals surface area contributed by atoms with Crippen LogP contribution in [0, 0.1) is 0 Å². The number of rotatable bonds is 20. The van der Waals surface area contributed by atoms with Crippen molar-refractivity contribution in [2.75, 3.05) is 0 Å². The Bertz CT molecular complexity index is 1740. The first-order valence-corrected chi connectivity index (χ1v) is 81.4. The van der Waals surface area contributed by atoms with Gasteiger partial charge in [-0.2, -0.15) is 0 Å². The predicted molar refractivity (Wildman–Crippen MR) is 360 cm³/mol. The normalized spacial score (nSPS) is 15.5. The van der Waals surface area contributed by atoms with Crippen molar-refractivity contribution in [3.63, 3.8) is 0 Å². The van der Waals surface area contributed by atoms with Crippen molar-refractivity contribution in [1.29, 1.82) is 0 Å². The van der Waals surface area contributed by atoms with Crippen LogP contribution in [0.2, 0.25) is 236 Å². The molecule has 0 aliphatic carbocycles. The van der Waals surface area contributed by atoms with Gasteiger partial charge in [0.1, 0.15) is 0 Å². The maximum absolute atomic E-state index is 3.05. The fraction of sp³-hybridized carbons (Fsp3) is 0.778. The van der Waals surface area contributed by atoms with Crippen LogP contribution in [0.5, 0.6) is 0 Å². The fourth-order valence-corrected chi connectivity index (χ4v) is 112. The zero-order valence-corrected chi connectivity index (χ0v) is 69.8. The molecule has 2 rings (SSSR count). The van der Waals surface area contributed by atoms with Crippen LogP contribution in [0.4, 0.5) is 0 Å². The van der Waals surface area contributed by atoms with Gasteiger partial charge in [0, 0.05) is 0 Å². The molecule has 2 aromatic rings. The monoisotopic (exact) mass is 1340 g/mol. The summed E-state index contributed by atoms with van der Waals surface area (Å²) >= 11 is -1.56. The van der Waals surface area contributed by atoms with Gasteiger partial charge in [-0.05, 0) is 0 Å². The molecule has 0 heterocycles. The van der Waals surface area contributed by atoms with Gasteiger partial charge in [-0.25, -0.2) is 0 Å². The molecule has 0 saturated carbocycles. The molecular formula is C54H118Sb2Si12. The van der Waals surface area contributed by atoms with Crippen LogP contribution in [-0.4, -0.2) is 131 Å². The fourth-order valence-electron chi connectivity index (χ4n) is 16.5. The van der Waals surface area contributed by atoms with Crippen LogP contribution in [0.25, 0.3) is 0 Å². The van der Waals surface area contributed by atoms with Gasteiger partial charge in [-0.1, -0.05) is 0 Å². The van der Waals surface area contributed by atoms with Crippen molar-refractivity contribution in [3.8, 4) is 0 Å². The third-order valence-electron chi connectivity index (χ3n) is 14.9. The molecule has 0 aliphatic heterocycles. The van der Waals surface area contributed by atoms with Gasteiger partial charge in [0.05, 0.1) is 0 Å². The van der Waals surface area contributed by atoms with Gasteiger partial charge in [0.25, 0.3) is 0 Å². The van der Waals surface area contributed by atoms with Crippen molar-refractivity contribution in [2.24, 2.45) is 0 Å². The zero-order valence-electron chi connectivity index (χ0n) is 52.7. The summed E-state index contributed by atoms with van der Waals surface area (Å²) in [6.45, 7) is 99.7. The van der Waals surface area contributed by atoms with E-state index in [0.29, 0.717) is 0 Å². The predicted octanol–water partition coefficient (Wildman–Crippen LogP) is 18.0. The molecule has 0 N–H and O–H groups in total. The molecule has 0 saturated heterocycles. The van der Waals surface area contributed by atoms with E-state index in [2.05, 4.69) is 267 Å². The zero-order chi connectivity index (χ0) is 54.3. The summed E-state index contributed by atoms with van der Waals surface area (Å²) in [7, 11) is -19.3. The first kappa shape index (κ1) is 66.8. The second kappa shape index (κ2) is 21.8. The summed E-state index contributed by atoms with van der Waals surface area (Å²) in [5, 5.41) is 4.68. The molecule has 0 spiro atoms. The van der Waals surface area contributed by atoms with Crippen LogP contribution < -0.4 is 7.02 Å². The molecular weight excluding hydrogens is 1230 g/mol. The molecule has 14 heteroatoms. The molecule has 0 unspecified atom stereocenters. The third kappa shape index (κ3) is 17.1. The summed E-state index contributed by atoms with van der Waals surface area (Å²) in [4.78, 5) is 0. The van der Waals surface area contributed by atoms with Gasteiger partial charge in [0.2, 0.25) is 0 Å². The second-order valence-electron chi connectivity index (χ2n) is 35.3. The molecule has 392 valence electrons. The summed E-state index contributed by atoms with van der Waals surface area (Å²) < 4.78 is 4.16. The summed E-state index contributed by atoms with van der Waals surface area (Å²) in [6, 6.07) is 12.2. The van der Waals surface area contributed by atoms with Gasteiger partial charge in [-0.15, -0.1) is 0 Å². The number of hydrogen-bond donors (Lipinski definition) is 0. The van der Waals surface area contributed by atoms with Crippen molar-refractivity contribution in [1.82, 2.24) is 0 Å². The summed E-state index contributed by atoms with van der Waals surface area (Å²) in [6.07, 6.45) is 0. The van der Waals surface area contributed by atoms with Gasteiger partial charge in [0.15, 0.2) is 0 Å². The van der Waals surface area contributed by atoms with E-state index in [1.807, 2.05) is 33.4 Å². The van der Waals surface area contributed by atoms with E-state index >= 15 is 0 Å². The molecule has 68 heavy (non-hydrogen) atoms. The van der Waals surface area contributed by atoms with E-state index < -0.39 is 131 Å². The van der Waals surface area contributed by atoms with Crippen LogP contribution >= 0.6 is 0 Å². The van der Waals surface area contributed by atoms with Crippen molar-refractivity contribution < 1.29 is 0 Å². The van der Waals surface area contributed by atoms with Crippen molar-refractivity contribution in [3.05, 3.63) is 57.6 Å². The average Bonchev–Trinajstić information content (AvgIpc) is 2.92. The van der Waals surface area contributed by atoms with Crippen LogP contribution in [-0.2, 0) is 0 Å². The average molecular weight is 1350 g/mol. The van der Waals surface area contributed by atoms with Crippen molar-refractivity contribution in [2.45, 2.75) is 267 Å². The van der Waals surface area contributed by atoms with Gasteiger partial charge in [-0.3, -0.25) is 0 Å². The topological polar surface area (TPSA) is 0 Å². The minimum absolute atomic E-state index is 0.774. The van der Waals surface area contributed by atoms with Crippen LogP contribution in [0.1, 0.15) is 64.4 Å². The third-order valence-corrected chi connectivity index (χ3v) is 84.7. The van der Waals surface area contributed by atoms with E-state index in [-0.39, 0.29) is 0 Å². The molecule has 0 bridgehead atoms. The van der Waals surface area contributed by atoms with Gasteiger partial charge >= 0.3 is 462 Å². The van der Waals surface area contributed by atoms with Crippen LogP contribution in [0.3, 0.4) is 0 Å². The Morgan fingerprint density at radius 3 is 0.426 bits per heavy atom. The summed E-state index contributed by atoms with van der Waals surface area (Å²) in [5.41, 5.74) is 11.5. The molecule has 0 amide bonds. The quantitative estimate of drug-likeness (QED) is 0.116. The SMILES string of the molecule is C[Si](C)(C)C(c1cc(C([Si](C)(C)C)[Si](C)(C)C)[c]([Sb]=[Sb][c]2c(C([Si](C)(C)C)[Si](C)(C)C)cc(C([Si](C)(C)C)[Si](C)(C)C)cc2C([Si](C)(C)C)[Si](C)(C)C)c(C([Si](C)(C)C)[Si](C)(C)C)c1)[Si](C)(C)C. The Balaban J connectivity index is 3.92. The summed E-state index contributed by atoms with van der Waals surface area (Å²) in [5.74, 6) is 0. The molecule has 0 atom stereocenters. The second-order valence-corrected chi connectivity index (χ2v) is 114. The standard InChI is InChI=1S/2C27H59Si6.2Sb/c2*1-28(2,3)25(29(4,5)6)22-19-23(26(30(7,8)9)31(10,11)12)21-24(20-22)27(32(13,14)15)33(16,17)18;;/h2*19-20,25-27H,1-18H3;;. The Morgan fingerprint density at radius 2 is 0.324 bits per heavy atom. The van der Waals surface area contributed by atoms with Gasteiger partial charge < -0.3 is 0 Å². The first-order valence-electron chi connectivity index (χ1n) is 27.2. The minimum atomic E-state index is -1.64. The van der Waals surface area contributed by atoms with Crippen LogP contribution in [0.15, 0.2) is 24.3 Å². The molecule has 0 aliphatic rings. The van der Waals surface area contributed by atoms with E-state index in [4.69, 9.17) is 0 Å². The number of hydrogen-bond acceptors (Lipinski definition) is 0. The van der Waals surface area contributed by atoms with Crippen molar-refractivity contribution >= 4 is 138 Å². The molecule has 0 aromatic heterocycles. The Kier molecular flexibility index (Phi) is 21.4.